The Balaban J connectivity index is 1.77. The third kappa shape index (κ3) is 4.08. The molecule has 0 unspecified atom stereocenters. The van der Waals surface area contributed by atoms with E-state index in [-0.39, 0.29) is 11.0 Å². The number of Topliss-reactive ketones (excluding diaryl/α,β-unsaturated/α-hetero) is 1. The Morgan fingerprint density at radius 3 is 2.48 bits per heavy atom. The molecule has 0 radical (unpaired) electrons. The maximum absolute atomic E-state index is 12.6. The van der Waals surface area contributed by atoms with Crippen LogP contribution in [-0.4, -0.2) is 31.2 Å². The van der Waals surface area contributed by atoms with E-state index in [9.17, 15) is 4.79 Å². The van der Waals surface area contributed by atoms with Crippen molar-refractivity contribution in [2.45, 2.75) is 30.7 Å². The SMILES string of the molecule is CCc1ccc(C(=O)[C@H](C)Sc2nnnn2-c2ccc(Cl)cc2)cc1. The Hall–Kier alpha value is -2.18. The lowest BCUT2D eigenvalue weighted by Crippen LogP contribution is -2.14. The molecule has 0 saturated heterocycles. The minimum Gasteiger partial charge on any atom is -0.293 e. The second kappa shape index (κ2) is 7.80. The maximum Gasteiger partial charge on any atom is 0.214 e. The topological polar surface area (TPSA) is 60.7 Å². The molecule has 0 saturated carbocycles. The Morgan fingerprint density at radius 1 is 1.16 bits per heavy atom. The van der Waals surface area contributed by atoms with Gasteiger partial charge in [-0.25, -0.2) is 0 Å². The van der Waals surface area contributed by atoms with Gasteiger partial charge in [0, 0.05) is 10.6 Å². The van der Waals surface area contributed by atoms with Crippen LogP contribution in [0.25, 0.3) is 5.69 Å². The van der Waals surface area contributed by atoms with E-state index >= 15 is 0 Å². The molecule has 0 fully saturated rings. The molecule has 3 rings (SSSR count). The van der Waals surface area contributed by atoms with Crippen LogP contribution in [0, 0.1) is 0 Å². The number of halogens is 1. The number of rotatable bonds is 6. The number of aromatic nitrogens is 4. The van der Waals surface area contributed by atoms with Gasteiger partial charge < -0.3 is 0 Å². The fourth-order valence-electron chi connectivity index (χ4n) is 2.35. The summed E-state index contributed by atoms with van der Waals surface area (Å²) in [5.41, 5.74) is 2.70. The Morgan fingerprint density at radius 2 is 1.84 bits per heavy atom. The summed E-state index contributed by atoms with van der Waals surface area (Å²) < 4.78 is 1.60. The van der Waals surface area contributed by atoms with Gasteiger partial charge >= 0.3 is 0 Å². The first-order valence-electron chi connectivity index (χ1n) is 7.92. The first kappa shape index (κ1) is 17.6. The number of benzene rings is 2. The predicted octanol–water partition coefficient (Wildman–Crippen LogP) is 4.24. The summed E-state index contributed by atoms with van der Waals surface area (Å²) in [7, 11) is 0. The van der Waals surface area contributed by atoms with Crippen molar-refractivity contribution in [3.63, 3.8) is 0 Å². The Labute approximate surface area is 155 Å². The normalized spacial score (nSPS) is 12.1. The van der Waals surface area contributed by atoms with Crippen molar-refractivity contribution in [1.29, 1.82) is 0 Å². The summed E-state index contributed by atoms with van der Waals surface area (Å²) in [5, 5.41) is 12.7. The molecule has 25 heavy (non-hydrogen) atoms. The quantitative estimate of drug-likeness (QED) is 0.478. The Kier molecular flexibility index (Phi) is 5.50. The number of ketones is 1. The lowest BCUT2D eigenvalue weighted by atomic mass is 10.1. The van der Waals surface area contributed by atoms with Crippen molar-refractivity contribution in [2.24, 2.45) is 0 Å². The lowest BCUT2D eigenvalue weighted by molar-refractivity contribution is 0.0994. The first-order chi connectivity index (χ1) is 12.1. The maximum atomic E-state index is 12.6. The molecular formula is C18H17ClN4OS. The van der Waals surface area contributed by atoms with Gasteiger partial charge in [-0.1, -0.05) is 54.6 Å². The average molecular weight is 373 g/mol. The second-order valence-electron chi connectivity index (χ2n) is 5.52. The third-order valence-electron chi connectivity index (χ3n) is 3.81. The van der Waals surface area contributed by atoms with Gasteiger partial charge in [0.2, 0.25) is 5.16 Å². The van der Waals surface area contributed by atoms with Crippen molar-refractivity contribution in [2.75, 3.05) is 0 Å². The van der Waals surface area contributed by atoms with Crippen molar-refractivity contribution < 1.29 is 4.79 Å². The number of thioether (sulfide) groups is 1. The minimum atomic E-state index is -0.301. The van der Waals surface area contributed by atoms with Crippen LogP contribution < -0.4 is 0 Å². The molecule has 128 valence electrons. The van der Waals surface area contributed by atoms with Gasteiger partial charge in [-0.05, 0) is 53.6 Å². The van der Waals surface area contributed by atoms with Crippen LogP contribution in [0.4, 0.5) is 0 Å². The minimum absolute atomic E-state index is 0.0540. The van der Waals surface area contributed by atoms with E-state index < -0.39 is 0 Å². The van der Waals surface area contributed by atoms with Crippen molar-refractivity contribution in [3.05, 3.63) is 64.7 Å². The molecule has 0 spiro atoms. The highest BCUT2D eigenvalue weighted by Gasteiger charge is 2.20. The van der Waals surface area contributed by atoms with Crippen LogP contribution in [-0.2, 0) is 6.42 Å². The van der Waals surface area contributed by atoms with Crippen LogP contribution in [0.1, 0.15) is 29.8 Å². The molecule has 5 nitrogen and oxygen atoms in total. The molecule has 7 heteroatoms. The van der Waals surface area contributed by atoms with Gasteiger partial charge in [-0.3, -0.25) is 4.79 Å². The molecule has 1 heterocycles. The van der Waals surface area contributed by atoms with E-state index in [4.69, 9.17) is 11.6 Å². The van der Waals surface area contributed by atoms with Gasteiger partial charge in [0.1, 0.15) is 0 Å². The van der Waals surface area contributed by atoms with Crippen molar-refractivity contribution in [3.8, 4) is 5.69 Å². The largest absolute Gasteiger partial charge is 0.293 e. The summed E-state index contributed by atoms with van der Waals surface area (Å²) in [4.78, 5) is 12.6. The number of carbonyl (C=O) groups is 1. The molecule has 3 aromatic rings. The van der Waals surface area contributed by atoms with E-state index in [2.05, 4.69) is 22.4 Å². The summed E-state index contributed by atoms with van der Waals surface area (Å²) >= 11 is 7.25. The summed E-state index contributed by atoms with van der Waals surface area (Å²) in [6.07, 6.45) is 0.953. The highest BCUT2D eigenvalue weighted by Crippen LogP contribution is 2.26. The van der Waals surface area contributed by atoms with E-state index in [0.29, 0.717) is 15.7 Å². The monoisotopic (exact) mass is 372 g/mol. The second-order valence-corrected chi connectivity index (χ2v) is 7.27. The Bertz CT molecular complexity index is 862. The molecule has 2 aromatic carbocycles. The third-order valence-corrected chi connectivity index (χ3v) is 5.10. The van der Waals surface area contributed by atoms with E-state index in [1.54, 1.807) is 16.8 Å². The van der Waals surface area contributed by atoms with Gasteiger partial charge in [0.15, 0.2) is 5.78 Å². The van der Waals surface area contributed by atoms with Crippen LogP contribution in [0.15, 0.2) is 53.7 Å². The van der Waals surface area contributed by atoms with Crippen molar-refractivity contribution >= 4 is 29.1 Å². The smallest absolute Gasteiger partial charge is 0.214 e. The number of hydrogen-bond donors (Lipinski definition) is 0. The van der Waals surface area contributed by atoms with Crippen LogP contribution in [0.3, 0.4) is 0 Å². The standard InChI is InChI=1S/C18H17ClN4OS/c1-3-13-4-6-14(7-5-13)17(24)12(2)25-18-20-21-22-23(18)16-10-8-15(19)9-11-16/h4-12H,3H2,1-2H3/t12-/m0/s1. The summed E-state index contributed by atoms with van der Waals surface area (Å²) in [5.74, 6) is 0.0540. The van der Waals surface area contributed by atoms with Gasteiger partial charge in [-0.2, -0.15) is 4.68 Å². The highest BCUT2D eigenvalue weighted by molar-refractivity contribution is 8.00. The molecule has 0 bridgehead atoms. The van der Waals surface area contributed by atoms with Crippen LogP contribution in [0.2, 0.25) is 5.02 Å². The number of aryl methyl sites for hydroxylation is 1. The number of tetrazole rings is 1. The van der Waals surface area contributed by atoms with Gasteiger partial charge in [-0.15, -0.1) is 5.10 Å². The number of carbonyl (C=O) groups excluding carboxylic acids is 1. The molecule has 0 N–H and O–H groups in total. The molecule has 0 amide bonds. The zero-order valence-electron chi connectivity index (χ0n) is 13.9. The molecular weight excluding hydrogens is 356 g/mol. The first-order valence-corrected chi connectivity index (χ1v) is 9.18. The van der Waals surface area contributed by atoms with Gasteiger partial charge in [0.05, 0.1) is 10.9 Å². The van der Waals surface area contributed by atoms with E-state index in [1.165, 1.54) is 17.3 Å². The summed E-state index contributed by atoms with van der Waals surface area (Å²) in [6, 6.07) is 14.9. The molecule has 0 aliphatic heterocycles. The van der Waals surface area contributed by atoms with Crippen LogP contribution >= 0.6 is 23.4 Å². The average Bonchev–Trinajstić information content (AvgIpc) is 3.10. The fourth-order valence-corrected chi connectivity index (χ4v) is 3.36. The molecule has 0 aliphatic carbocycles. The zero-order chi connectivity index (χ0) is 17.8. The zero-order valence-corrected chi connectivity index (χ0v) is 15.5. The molecule has 1 aromatic heterocycles. The lowest BCUT2D eigenvalue weighted by Gasteiger charge is -2.10. The predicted molar refractivity (Wildman–Crippen MR) is 99.6 cm³/mol. The van der Waals surface area contributed by atoms with Crippen LogP contribution in [0.5, 0.6) is 0 Å². The molecule has 0 aliphatic rings. The number of hydrogen-bond acceptors (Lipinski definition) is 5. The van der Waals surface area contributed by atoms with Gasteiger partial charge in [0.25, 0.3) is 0 Å². The van der Waals surface area contributed by atoms with Crippen molar-refractivity contribution in [1.82, 2.24) is 20.2 Å². The molecule has 1 atom stereocenters. The summed E-state index contributed by atoms with van der Waals surface area (Å²) in [6.45, 7) is 3.95. The highest BCUT2D eigenvalue weighted by atomic mass is 35.5. The van der Waals surface area contributed by atoms with E-state index in [1.807, 2.05) is 43.3 Å². The van der Waals surface area contributed by atoms with E-state index in [0.717, 1.165) is 12.1 Å². The number of nitrogens with zero attached hydrogens (tertiary/aromatic N) is 4. The fraction of sp³-hybridized carbons (Fsp3) is 0.222.